The van der Waals surface area contributed by atoms with E-state index in [0.29, 0.717) is 12.8 Å². The summed E-state index contributed by atoms with van der Waals surface area (Å²) in [6, 6.07) is 0.0254. The predicted octanol–water partition coefficient (Wildman–Crippen LogP) is -1.13. The number of carbonyl (C=O) groups excluding carboxylic acids is 1. The molecule has 0 bridgehead atoms. The van der Waals surface area contributed by atoms with E-state index in [9.17, 15) is 18.0 Å². The highest BCUT2D eigenvalue weighted by Gasteiger charge is 2.34. The number of carboxylic acid groups (broad SMARTS) is 1. The van der Waals surface area contributed by atoms with Crippen molar-refractivity contribution < 1.29 is 23.1 Å². The number of nitrogens with one attached hydrogen (secondary N) is 2. The van der Waals surface area contributed by atoms with Gasteiger partial charge in [0.1, 0.15) is 0 Å². The molecule has 0 aromatic carbocycles. The second-order valence-corrected chi connectivity index (χ2v) is 7.84. The Labute approximate surface area is 124 Å². The lowest BCUT2D eigenvalue weighted by Gasteiger charge is -2.33. The molecule has 0 atom stereocenters. The van der Waals surface area contributed by atoms with Crippen molar-refractivity contribution in [2.75, 3.05) is 18.8 Å². The lowest BCUT2D eigenvalue weighted by molar-refractivity contribution is -0.145. The largest absolute Gasteiger partial charge is 0.481 e. The third-order valence-electron chi connectivity index (χ3n) is 3.66. The molecule has 1 rings (SSSR count). The van der Waals surface area contributed by atoms with E-state index in [0.717, 1.165) is 0 Å². The maximum absolute atomic E-state index is 11.8. The minimum atomic E-state index is -3.72. The molecule has 8 nitrogen and oxygen atoms in total. The Kier molecular flexibility index (Phi) is 5.71. The molecule has 1 fully saturated rings. The van der Waals surface area contributed by atoms with Crippen LogP contribution in [-0.4, -0.2) is 50.3 Å². The van der Waals surface area contributed by atoms with Gasteiger partial charge in [-0.05, 0) is 26.7 Å². The van der Waals surface area contributed by atoms with Crippen molar-refractivity contribution in [3.8, 4) is 0 Å². The number of rotatable bonds is 8. The normalized spacial score (nSPS) is 22.4. The molecule has 21 heavy (non-hydrogen) atoms. The summed E-state index contributed by atoms with van der Waals surface area (Å²) >= 11 is 0. The van der Waals surface area contributed by atoms with Crippen LogP contribution in [0.3, 0.4) is 0 Å². The zero-order chi connectivity index (χ0) is 16.3. The molecule has 1 amide bonds. The second-order valence-electron chi connectivity index (χ2n) is 6.00. The minimum Gasteiger partial charge on any atom is -0.481 e. The molecule has 5 N–H and O–H groups in total. The SMILES string of the molecule is CC(C)(CN)C(=O)NS(=O)(=O)CCNC1CC(C(=O)O)C1. The van der Waals surface area contributed by atoms with Gasteiger partial charge in [-0.1, -0.05) is 0 Å². The number of aliphatic carboxylic acids is 1. The third-order valence-corrected chi connectivity index (χ3v) is 4.90. The maximum Gasteiger partial charge on any atom is 0.306 e. The number of carbonyl (C=O) groups is 2. The summed E-state index contributed by atoms with van der Waals surface area (Å²) in [4.78, 5) is 22.4. The van der Waals surface area contributed by atoms with Crippen molar-refractivity contribution in [3.63, 3.8) is 0 Å². The molecule has 0 saturated heterocycles. The highest BCUT2D eigenvalue weighted by atomic mass is 32.2. The molecule has 0 radical (unpaired) electrons. The van der Waals surface area contributed by atoms with Gasteiger partial charge in [-0.3, -0.25) is 14.3 Å². The Bertz CT molecular complexity index is 497. The van der Waals surface area contributed by atoms with Gasteiger partial charge in [0.15, 0.2) is 0 Å². The van der Waals surface area contributed by atoms with Gasteiger partial charge in [0.05, 0.1) is 17.1 Å². The van der Waals surface area contributed by atoms with Crippen molar-refractivity contribution >= 4 is 21.9 Å². The molecule has 0 aromatic heterocycles. The first-order valence-corrected chi connectivity index (χ1v) is 8.44. The summed E-state index contributed by atoms with van der Waals surface area (Å²) in [6.45, 7) is 3.35. The Hall–Kier alpha value is -1.19. The Morgan fingerprint density at radius 3 is 2.38 bits per heavy atom. The number of sulfonamides is 1. The fourth-order valence-electron chi connectivity index (χ4n) is 1.81. The van der Waals surface area contributed by atoms with Crippen LogP contribution in [0.15, 0.2) is 0 Å². The lowest BCUT2D eigenvalue weighted by Crippen LogP contribution is -2.48. The van der Waals surface area contributed by atoms with Crippen molar-refractivity contribution in [2.24, 2.45) is 17.1 Å². The van der Waals surface area contributed by atoms with E-state index in [1.54, 1.807) is 13.8 Å². The molecule has 122 valence electrons. The summed E-state index contributed by atoms with van der Waals surface area (Å²) in [7, 11) is -3.72. The molecular weight excluding hydrogens is 298 g/mol. The summed E-state index contributed by atoms with van der Waals surface area (Å²) in [6.07, 6.45) is 1.00. The van der Waals surface area contributed by atoms with Gasteiger partial charge in [-0.15, -0.1) is 0 Å². The molecule has 9 heteroatoms. The van der Waals surface area contributed by atoms with Crippen LogP contribution in [-0.2, 0) is 19.6 Å². The number of carboxylic acids is 1. The number of nitrogens with two attached hydrogens (primary N) is 1. The summed E-state index contributed by atoms with van der Waals surface area (Å²) < 4.78 is 25.5. The average molecular weight is 321 g/mol. The minimum absolute atomic E-state index is 0.0254. The fraction of sp³-hybridized carbons (Fsp3) is 0.833. The van der Waals surface area contributed by atoms with Crippen LogP contribution in [0.5, 0.6) is 0 Å². The predicted molar refractivity (Wildman–Crippen MR) is 76.9 cm³/mol. The van der Waals surface area contributed by atoms with E-state index in [1.165, 1.54) is 0 Å². The maximum atomic E-state index is 11.8. The Morgan fingerprint density at radius 1 is 1.33 bits per heavy atom. The molecule has 1 aliphatic carbocycles. The molecule has 1 saturated carbocycles. The quantitative estimate of drug-likeness (QED) is 0.443. The van der Waals surface area contributed by atoms with Gasteiger partial charge < -0.3 is 16.2 Å². The van der Waals surface area contributed by atoms with Crippen LogP contribution >= 0.6 is 0 Å². The highest BCUT2D eigenvalue weighted by molar-refractivity contribution is 7.90. The van der Waals surface area contributed by atoms with Crippen LogP contribution in [0.25, 0.3) is 0 Å². The molecule has 0 heterocycles. The van der Waals surface area contributed by atoms with Crippen LogP contribution in [0.2, 0.25) is 0 Å². The first kappa shape index (κ1) is 17.9. The van der Waals surface area contributed by atoms with E-state index >= 15 is 0 Å². The fourth-order valence-corrected chi connectivity index (χ4v) is 2.85. The van der Waals surface area contributed by atoms with Crippen LogP contribution in [0.4, 0.5) is 0 Å². The van der Waals surface area contributed by atoms with Crippen LogP contribution < -0.4 is 15.8 Å². The molecule has 0 unspecified atom stereocenters. The van der Waals surface area contributed by atoms with Crippen LogP contribution in [0, 0.1) is 11.3 Å². The number of amides is 1. The van der Waals surface area contributed by atoms with E-state index in [2.05, 4.69) is 5.32 Å². The van der Waals surface area contributed by atoms with Crippen molar-refractivity contribution in [3.05, 3.63) is 0 Å². The van der Waals surface area contributed by atoms with E-state index in [4.69, 9.17) is 10.8 Å². The molecule has 0 aromatic rings. The van der Waals surface area contributed by atoms with Gasteiger partial charge in [0.25, 0.3) is 0 Å². The topological polar surface area (TPSA) is 139 Å². The average Bonchev–Trinajstić information content (AvgIpc) is 2.30. The number of hydrogen-bond donors (Lipinski definition) is 4. The zero-order valence-electron chi connectivity index (χ0n) is 12.3. The molecular formula is C12H23N3O5S. The Balaban J connectivity index is 2.31. The van der Waals surface area contributed by atoms with Crippen molar-refractivity contribution in [1.29, 1.82) is 0 Å². The Morgan fingerprint density at radius 2 is 1.90 bits per heavy atom. The van der Waals surface area contributed by atoms with Gasteiger partial charge in [-0.25, -0.2) is 8.42 Å². The van der Waals surface area contributed by atoms with Gasteiger partial charge >= 0.3 is 5.97 Å². The van der Waals surface area contributed by atoms with Crippen molar-refractivity contribution in [1.82, 2.24) is 10.0 Å². The monoisotopic (exact) mass is 321 g/mol. The lowest BCUT2D eigenvalue weighted by atomic mass is 9.80. The van der Waals surface area contributed by atoms with Crippen LogP contribution in [0.1, 0.15) is 26.7 Å². The van der Waals surface area contributed by atoms with Gasteiger partial charge in [0.2, 0.25) is 15.9 Å². The molecule has 0 aliphatic heterocycles. The summed E-state index contributed by atoms with van der Waals surface area (Å²) in [5, 5.41) is 11.7. The molecule has 0 spiro atoms. The standard InChI is InChI=1S/C12H23N3O5S/c1-12(2,7-13)11(18)15-21(19,20)4-3-14-9-5-8(6-9)10(16)17/h8-9,14H,3-7,13H2,1-2H3,(H,15,18)(H,16,17). The molecule has 1 aliphatic rings. The van der Waals surface area contributed by atoms with E-state index in [1.807, 2.05) is 4.72 Å². The third kappa shape index (κ3) is 5.25. The van der Waals surface area contributed by atoms with Gasteiger partial charge in [-0.2, -0.15) is 0 Å². The smallest absolute Gasteiger partial charge is 0.306 e. The first-order valence-electron chi connectivity index (χ1n) is 6.78. The zero-order valence-corrected chi connectivity index (χ0v) is 13.1. The first-order chi connectivity index (χ1) is 9.57. The van der Waals surface area contributed by atoms with Crippen molar-refractivity contribution in [2.45, 2.75) is 32.7 Å². The van der Waals surface area contributed by atoms with E-state index in [-0.39, 0.29) is 30.8 Å². The summed E-state index contributed by atoms with van der Waals surface area (Å²) in [5.41, 5.74) is 4.47. The highest BCUT2D eigenvalue weighted by Crippen LogP contribution is 2.27. The van der Waals surface area contributed by atoms with Gasteiger partial charge in [0, 0.05) is 19.1 Å². The van der Waals surface area contributed by atoms with E-state index < -0.39 is 27.3 Å². The summed E-state index contributed by atoms with van der Waals surface area (Å²) in [5.74, 6) is -2.03. The second kappa shape index (κ2) is 6.71. The number of hydrogen-bond acceptors (Lipinski definition) is 6.